The molecule has 0 aromatic carbocycles. The summed E-state index contributed by atoms with van der Waals surface area (Å²) in [5.74, 6) is -0.0278. The molecule has 0 fully saturated rings. The molecular formula is C8H9NO2S. The lowest BCUT2D eigenvalue weighted by molar-refractivity contribution is 0.590. The Hall–Kier alpha value is -0.900. The van der Waals surface area contributed by atoms with Crippen LogP contribution in [0.4, 0.5) is 0 Å². The Kier molecular flexibility index (Phi) is 1.48. The molecule has 4 heteroatoms. The van der Waals surface area contributed by atoms with E-state index in [1.54, 1.807) is 19.1 Å². The molecule has 1 aliphatic carbocycles. The molecule has 0 aromatic heterocycles. The molecule has 3 nitrogen and oxygen atoms in total. The number of rotatable bonds is 0. The van der Waals surface area contributed by atoms with Crippen LogP contribution in [0.15, 0.2) is 28.7 Å². The first-order valence-corrected chi connectivity index (χ1v) is 5.27. The second-order valence-corrected chi connectivity index (χ2v) is 4.76. The quantitative estimate of drug-likeness (QED) is 0.560. The molecule has 2 atom stereocenters. The number of nitrogens with zero attached hydrogens (tertiary/aromatic N) is 1. The average Bonchev–Trinajstić information content (AvgIpc) is 2.25. The van der Waals surface area contributed by atoms with Crippen molar-refractivity contribution < 1.29 is 8.42 Å². The van der Waals surface area contributed by atoms with Gasteiger partial charge in [0, 0.05) is 11.6 Å². The molecule has 1 aliphatic heterocycles. The van der Waals surface area contributed by atoms with Crippen LogP contribution in [0.25, 0.3) is 0 Å². The summed E-state index contributed by atoms with van der Waals surface area (Å²) in [6, 6.07) is 0. The Morgan fingerprint density at radius 3 is 2.67 bits per heavy atom. The summed E-state index contributed by atoms with van der Waals surface area (Å²) >= 11 is 0. The van der Waals surface area contributed by atoms with Crippen LogP contribution >= 0.6 is 0 Å². The maximum absolute atomic E-state index is 11.3. The Bertz CT molecular complexity index is 389. The van der Waals surface area contributed by atoms with Crippen molar-refractivity contribution in [3.8, 4) is 0 Å². The van der Waals surface area contributed by atoms with Gasteiger partial charge in [-0.05, 0) is 6.92 Å². The zero-order valence-corrected chi connectivity index (χ0v) is 7.45. The highest BCUT2D eigenvalue weighted by atomic mass is 32.2. The fourth-order valence-electron chi connectivity index (χ4n) is 1.57. The lowest BCUT2D eigenvalue weighted by Crippen LogP contribution is -2.23. The molecule has 1 heterocycles. The molecule has 0 radical (unpaired) electrons. The Morgan fingerprint density at radius 1 is 1.33 bits per heavy atom. The largest absolute Gasteiger partial charge is 0.260 e. The highest BCUT2D eigenvalue weighted by Crippen LogP contribution is 2.28. The zero-order chi connectivity index (χ0) is 8.77. The van der Waals surface area contributed by atoms with Crippen LogP contribution in [0.3, 0.4) is 0 Å². The van der Waals surface area contributed by atoms with Gasteiger partial charge in [-0.3, -0.25) is 0 Å². The standard InChI is InChI=1S/C8H9NO2S/c1-6-7-4-2-3-5-8(7)12(10,11)9-6/h2-5,7-8H,1H3. The van der Waals surface area contributed by atoms with E-state index in [9.17, 15) is 8.42 Å². The maximum Gasteiger partial charge on any atom is 0.260 e. The molecule has 2 unspecified atom stereocenters. The van der Waals surface area contributed by atoms with Crippen molar-refractivity contribution in [1.82, 2.24) is 0 Å². The van der Waals surface area contributed by atoms with Crippen LogP contribution in [-0.4, -0.2) is 19.4 Å². The first kappa shape index (κ1) is 7.73. The van der Waals surface area contributed by atoms with E-state index in [4.69, 9.17) is 0 Å². The van der Waals surface area contributed by atoms with Crippen LogP contribution in [0.1, 0.15) is 6.92 Å². The monoisotopic (exact) mass is 183 g/mol. The summed E-state index contributed by atoms with van der Waals surface area (Å²) in [7, 11) is -3.25. The van der Waals surface area contributed by atoms with Crippen LogP contribution in [-0.2, 0) is 10.0 Å². The Balaban J connectivity index is 2.53. The van der Waals surface area contributed by atoms with E-state index in [1.807, 2.05) is 12.2 Å². The van der Waals surface area contributed by atoms with Gasteiger partial charge in [0.25, 0.3) is 10.0 Å². The molecular weight excluding hydrogens is 174 g/mol. The maximum atomic E-state index is 11.3. The highest BCUT2D eigenvalue weighted by molar-refractivity contribution is 7.91. The van der Waals surface area contributed by atoms with E-state index in [0.29, 0.717) is 5.71 Å². The topological polar surface area (TPSA) is 46.5 Å². The fraction of sp³-hybridized carbons (Fsp3) is 0.375. The van der Waals surface area contributed by atoms with E-state index in [0.717, 1.165) is 0 Å². The van der Waals surface area contributed by atoms with Gasteiger partial charge in [0.05, 0.1) is 0 Å². The lowest BCUT2D eigenvalue weighted by atomic mass is 9.96. The minimum absolute atomic E-state index is 0.0278. The SMILES string of the molecule is CC1=NS(=O)(=O)C2C=CC=CC12. The van der Waals surface area contributed by atoms with Crippen molar-refractivity contribution in [2.24, 2.45) is 10.3 Å². The molecule has 64 valence electrons. The smallest absolute Gasteiger partial charge is 0.204 e. The number of fused-ring (bicyclic) bond motifs is 1. The third-order valence-corrected chi connectivity index (χ3v) is 3.86. The molecule has 12 heavy (non-hydrogen) atoms. The minimum Gasteiger partial charge on any atom is -0.204 e. The van der Waals surface area contributed by atoms with Gasteiger partial charge in [0.1, 0.15) is 5.25 Å². The van der Waals surface area contributed by atoms with Gasteiger partial charge >= 0.3 is 0 Å². The number of hydrogen-bond acceptors (Lipinski definition) is 2. The van der Waals surface area contributed by atoms with Gasteiger partial charge < -0.3 is 0 Å². The van der Waals surface area contributed by atoms with Crippen molar-refractivity contribution >= 4 is 15.7 Å². The second-order valence-electron chi connectivity index (χ2n) is 3.01. The molecule has 0 N–H and O–H groups in total. The van der Waals surface area contributed by atoms with Crippen LogP contribution in [0.2, 0.25) is 0 Å². The fourth-order valence-corrected chi connectivity index (χ4v) is 3.16. The molecule has 2 aliphatic rings. The molecule has 2 rings (SSSR count). The summed E-state index contributed by atoms with van der Waals surface area (Å²) in [6.45, 7) is 1.76. The number of hydrogen-bond donors (Lipinski definition) is 0. The van der Waals surface area contributed by atoms with E-state index in [-0.39, 0.29) is 5.92 Å². The summed E-state index contributed by atoms with van der Waals surface area (Å²) in [6.07, 6.45) is 7.20. The van der Waals surface area contributed by atoms with Gasteiger partial charge in [0.15, 0.2) is 0 Å². The third kappa shape index (κ3) is 0.948. The molecule has 0 saturated heterocycles. The van der Waals surface area contributed by atoms with Crippen molar-refractivity contribution in [3.05, 3.63) is 24.3 Å². The summed E-state index contributed by atoms with van der Waals surface area (Å²) in [5.41, 5.74) is 0.695. The van der Waals surface area contributed by atoms with Crippen LogP contribution in [0.5, 0.6) is 0 Å². The molecule has 0 bridgehead atoms. The first-order chi connectivity index (χ1) is 5.61. The van der Waals surface area contributed by atoms with Crippen molar-refractivity contribution in [2.75, 3.05) is 0 Å². The van der Waals surface area contributed by atoms with Crippen molar-refractivity contribution in [2.45, 2.75) is 12.2 Å². The number of allylic oxidation sites excluding steroid dienone is 3. The molecule has 0 saturated carbocycles. The van der Waals surface area contributed by atoms with Gasteiger partial charge in [-0.2, -0.15) is 4.40 Å². The van der Waals surface area contributed by atoms with E-state index in [1.165, 1.54) is 0 Å². The molecule has 0 amide bonds. The van der Waals surface area contributed by atoms with Crippen molar-refractivity contribution in [1.29, 1.82) is 0 Å². The van der Waals surface area contributed by atoms with Gasteiger partial charge in [0.2, 0.25) is 0 Å². The van der Waals surface area contributed by atoms with Crippen LogP contribution in [0, 0.1) is 5.92 Å². The predicted octanol–water partition coefficient (Wildman–Crippen LogP) is 0.902. The zero-order valence-electron chi connectivity index (χ0n) is 6.64. The normalized spacial score (nSPS) is 36.2. The van der Waals surface area contributed by atoms with E-state index < -0.39 is 15.3 Å². The Morgan fingerprint density at radius 2 is 2.00 bits per heavy atom. The summed E-state index contributed by atoms with van der Waals surface area (Å²) < 4.78 is 26.3. The third-order valence-electron chi connectivity index (χ3n) is 2.18. The second kappa shape index (κ2) is 2.29. The average molecular weight is 183 g/mol. The first-order valence-electron chi connectivity index (χ1n) is 3.76. The predicted molar refractivity (Wildman–Crippen MR) is 47.6 cm³/mol. The molecule has 0 aromatic rings. The van der Waals surface area contributed by atoms with Crippen molar-refractivity contribution in [3.63, 3.8) is 0 Å². The lowest BCUT2D eigenvalue weighted by Gasteiger charge is -2.12. The van der Waals surface area contributed by atoms with Gasteiger partial charge in [-0.15, -0.1) is 0 Å². The number of sulfonamides is 1. The highest BCUT2D eigenvalue weighted by Gasteiger charge is 2.38. The minimum atomic E-state index is -3.25. The van der Waals surface area contributed by atoms with Gasteiger partial charge in [-0.25, -0.2) is 8.42 Å². The van der Waals surface area contributed by atoms with E-state index >= 15 is 0 Å². The van der Waals surface area contributed by atoms with Crippen LogP contribution < -0.4 is 0 Å². The summed E-state index contributed by atoms with van der Waals surface area (Å²) in [5, 5.41) is -0.442. The van der Waals surface area contributed by atoms with Gasteiger partial charge in [-0.1, -0.05) is 24.3 Å². The molecule has 0 spiro atoms. The van der Waals surface area contributed by atoms with E-state index in [2.05, 4.69) is 4.40 Å². The Labute approximate surface area is 71.6 Å². The summed E-state index contributed by atoms with van der Waals surface area (Å²) in [4.78, 5) is 0.